The van der Waals surface area contributed by atoms with Gasteiger partial charge >= 0.3 is 0 Å². The second kappa shape index (κ2) is 7.40. The molecule has 4 nitrogen and oxygen atoms in total. The van der Waals surface area contributed by atoms with Gasteiger partial charge in [0.1, 0.15) is 5.82 Å². The Bertz CT molecular complexity index is 692. The average Bonchev–Trinajstić information content (AvgIpc) is 2.70. The number of anilines is 1. The first-order chi connectivity index (χ1) is 10.9. The molecule has 0 saturated heterocycles. The summed E-state index contributed by atoms with van der Waals surface area (Å²) < 4.78 is 15.1. The highest BCUT2D eigenvalue weighted by molar-refractivity contribution is 5.90. The zero-order valence-corrected chi connectivity index (χ0v) is 14.2. The van der Waals surface area contributed by atoms with Crippen molar-refractivity contribution in [3.05, 3.63) is 47.0 Å². The van der Waals surface area contributed by atoms with Crippen molar-refractivity contribution >= 4 is 11.6 Å². The minimum absolute atomic E-state index is 0.119. The number of benzene rings is 1. The van der Waals surface area contributed by atoms with Crippen molar-refractivity contribution in [3.8, 4) is 0 Å². The molecule has 0 atom stereocenters. The Kier molecular flexibility index (Phi) is 5.53. The SMILES string of the molecule is Cc1nn(CC(C)C)c(C)c1CCC(=O)Nc1cccc(F)c1. The van der Waals surface area contributed by atoms with Crippen LogP contribution in [0.4, 0.5) is 10.1 Å². The van der Waals surface area contributed by atoms with E-state index in [2.05, 4.69) is 24.3 Å². The van der Waals surface area contributed by atoms with Gasteiger partial charge in [-0.25, -0.2) is 4.39 Å². The van der Waals surface area contributed by atoms with Gasteiger partial charge in [-0.15, -0.1) is 0 Å². The Hall–Kier alpha value is -2.17. The monoisotopic (exact) mass is 317 g/mol. The Labute approximate surface area is 136 Å². The predicted molar refractivity (Wildman–Crippen MR) is 89.9 cm³/mol. The third-order valence-electron chi connectivity index (χ3n) is 3.78. The number of nitrogens with zero attached hydrogens (tertiary/aromatic N) is 2. The van der Waals surface area contributed by atoms with Crippen LogP contribution in [0.1, 0.15) is 37.2 Å². The van der Waals surface area contributed by atoms with Gasteiger partial charge in [0.05, 0.1) is 5.69 Å². The molecule has 1 amide bonds. The van der Waals surface area contributed by atoms with Gasteiger partial charge in [0, 0.05) is 24.3 Å². The number of hydrogen-bond donors (Lipinski definition) is 1. The summed E-state index contributed by atoms with van der Waals surface area (Å²) in [7, 11) is 0. The highest BCUT2D eigenvalue weighted by Gasteiger charge is 2.14. The van der Waals surface area contributed by atoms with Crippen LogP contribution in [0, 0.1) is 25.6 Å². The number of carbonyl (C=O) groups excluding carboxylic acids is 1. The molecule has 0 unspecified atom stereocenters. The van der Waals surface area contributed by atoms with E-state index in [4.69, 9.17) is 0 Å². The third kappa shape index (κ3) is 4.65. The molecule has 0 bridgehead atoms. The first-order valence-corrected chi connectivity index (χ1v) is 7.95. The van der Waals surface area contributed by atoms with Crippen LogP contribution in [0.2, 0.25) is 0 Å². The first kappa shape index (κ1) is 17.2. The van der Waals surface area contributed by atoms with Crippen molar-refractivity contribution in [1.82, 2.24) is 9.78 Å². The van der Waals surface area contributed by atoms with Gasteiger partial charge in [-0.1, -0.05) is 19.9 Å². The van der Waals surface area contributed by atoms with Crippen LogP contribution in [0.3, 0.4) is 0 Å². The van der Waals surface area contributed by atoms with E-state index < -0.39 is 0 Å². The molecule has 0 spiro atoms. The van der Waals surface area contributed by atoms with Crippen LogP contribution in [0.5, 0.6) is 0 Å². The maximum absolute atomic E-state index is 13.1. The smallest absolute Gasteiger partial charge is 0.224 e. The van der Waals surface area contributed by atoms with Gasteiger partial charge in [0.25, 0.3) is 0 Å². The van der Waals surface area contributed by atoms with Crippen molar-refractivity contribution in [1.29, 1.82) is 0 Å². The predicted octanol–water partition coefficient (Wildman–Crippen LogP) is 3.87. The number of hydrogen-bond acceptors (Lipinski definition) is 2. The third-order valence-corrected chi connectivity index (χ3v) is 3.78. The molecule has 0 radical (unpaired) electrons. The second-order valence-electron chi connectivity index (χ2n) is 6.28. The van der Waals surface area contributed by atoms with Gasteiger partial charge in [-0.3, -0.25) is 9.48 Å². The van der Waals surface area contributed by atoms with Crippen molar-refractivity contribution in [2.45, 2.75) is 47.1 Å². The fourth-order valence-electron chi connectivity index (χ4n) is 2.65. The molecule has 124 valence electrons. The minimum atomic E-state index is -0.357. The largest absolute Gasteiger partial charge is 0.326 e. The summed E-state index contributed by atoms with van der Waals surface area (Å²) in [6.07, 6.45) is 0.989. The Morgan fingerprint density at radius 3 is 2.74 bits per heavy atom. The zero-order chi connectivity index (χ0) is 17.0. The van der Waals surface area contributed by atoms with Crippen molar-refractivity contribution in [2.75, 3.05) is 5.32 Å². The van der Waals surface area contributed by atoms with Crippen LogP contribution in [-0.4, -0.2) is 15.7 Å². The van der Waals surface area contributed by atoms with E-state index in [0.29, 0.717) is 24.4 Å². The molecule has 0 aliphatic heterocycles. The zero-order valence-electron chi connectivity index (χ0n) is 14.2. The van der Waals surface area contributed by atoms with E-state index in [1.165, 1.54) is 12.1 Å². The lowest BCUT2D eigenvalue weighted by molar-refractivity contribution is -0.116. The normalized spacial score (nSPS) is 11.0. The molecule has 5 heteroatoms. The lowest BCUT2D eigenvalue weighted by Gasteiger charge is -2.08. The molecule has 1 N–H and O–H groups in total. The molecule has 23 heavy (non-hydrogen) atoms. The topological polar surface area (TPSA) is 46.9 Å². The molecule has 1 aromatic heterocycles. The number of amides is 1. The molecule has 2 rings (SSSR count). The van der Waals surface area contributed by atoms with E-state index in [1.54, 1.807) is 12.1 Å². The highest BCUT2D eigenvalue weighted by atomic mass is 19.1. The number of rotatable bonds is 6. The van der Waals surface area contributed by atoms with E-state index in [-0.39, 0.29) is 11.7 Å². The Morgan fingerprint density at radius 2 is 2.09 bits per heavy atom. The summed E-state index contributed by atoms with van der Waals surface area (Å²) in [6, 6.07) is 5.92. The summed E-state index contributed by atoms with van der Waals surface area (Å²) in [5.74, 6) is 0.0487. The van der Waals surface area contributed by atoms with Gasteiger partial charge in [0.15, 0.2) is 0 Å². The Morgan fingerprint density at radius 1 is 1.35 bits per heavy atom. The molecule has 0 fully saturated rings. The molecule has 0 saturated carbocycles. The lowest BCUT2D eigenvalue weighted by atomic mass is 10.1. The highest BCUT2D eigenvalue weighted by Crippen LogP contribution is 2.17. The van der Waals surface area contributed by atoms with Crippen molar-refractivity contribution in [3.63, 3.8) is 0 Å². The quantitative estimate of drug-likeness (QED) is 0.879. The maximum Gasteiger partial charge on any atom is 0.224 e. The summed E-state index contributed by atoms with van der Waals surface area (Å²) in [4.78, 5) is 12.0. The molecule has 0 aliphatic carbocycles. The molecular weight excluding hydrogens is 293 g/mol. The van der Waals surface area contributed by atoms with Gasteiger partial charge < -0.3 is 5.32 Å². The van der Waals surface area contributed by atoms with Crippen molar-refractivity contribution in [2.24, 2.45) is 5.92 Å². The Balaban J connectivity index is 1.98. The number of halogens is 1. The van der Waals surface area contributed by atoms with Crippen LogP contribution in [0.25, 0.3) is 0 Å². The first-order valence-electron chi connectivity index (χ1n) is 7.95. The molecular formula is C18H24FN3O. The molecule has 1 aromatic carbocycles. The summed E-state index contributed by atoms with van der Waals surface area (Å²) >= 11 is 0. The minimum Gasteiger partial charge on any atom is -0.326 e. The van der Waals surface area contributed by atoms with Gasteiger partial charge in [-0.05, 0) is 49.9 Å². The van der Waals surface area contributed by atoms with E-state index in [9.17, 15) is 9.18 Å². The molecule has 1 heterocycles. The van der Waals surface area contributed by atoms with Crippen molar-refractivity contribution < 1.29 is 9.18 Å². The summed E-state index contributed by atoms with van der Waals surface area (Å²) in [5.41, 5.74) is 3.70. The van der Waals surface area contributed by atoms with E-state index in [0.717, 1.165) is 23.5 Å². The van der Waals surface area contributed by atoms with Crippen LogP contribution in [0.15, 0.2) is 24.3 Å². The van der Waals surface area contributed by atoms with E-state index in [1.807, 2.05) is 18.5 Å². The summed E-state index contributed by atoms with van der Waals surface area (Å²) in [6.45, 7) is 9.21. The second-order valence-corrected chi connectivity index (χ2v) is 6.28. The standard InChI is InChI=1S/C18H24FN3O/c1-12(2)11-22-14(4)17(13(3)21-22)8-9-18(23)20-16-7-5-6-15(19)10-16/h5-7,10,12H,8-9,11H2,1-4H3,(H,20,23). The van der Waals surface area contributed by atoms with Gasteiger partial charge in [-0.2, -0.15) is 5.10 Å². The average molecular weight is 317 g/mol. The van der Waals surface area contributed by atoms with Gasteiger partial charge in [0.2, 0.25) is 5.91 Å². The fourth-order valence-corrected chi connectivity index (χ4v) is 2.65. The number of carbonyl (C=O) groups is 1. The number of aryl methyl sites for hydroxylation is 1. The number of nitrogens with one attached hydrogen (secondary N) is 1. The van der Waals surface area contributed by atoms with Crippen LogP contribution >= 0.6 is 0 Å². The van der Waals surface area contributed by atoms with E-state index >= 15 is 0 Å². The maximum atomic E-state index is 13.1. The fraction of sp³-hybridized carbons (Fsp3) is 0.444. The molecule has 0 aliphatic rings. The summed E-state index contributed by atoms with van der Waals surface area (Å²) in [5, 5.41) is 7.28. The lowest BCUT2D eigenvalue weighted by Crippen LogP contribution is -2.13. The van der Waals surface area contributed by atoms with Crippen LogP contribution < -0.4 is 5.32 Å². The van der Waals surface area contributed by atoms with Crippen LogP contribution in [-0.2, 0) is 17.8 Å². The number of aromatic nitrogens is 2. The molecule has 2 aromatic rings.